The van der Waals surface area contributed by atoms with Gasteiger partial charge in [0.15, 0.2) is 0 Å². The number of carbonyl (C=O) groups excluding carboxylic acids is 1. The minimum atomic E-state index is -2.89. The van der Waals surface area contributed by atoms with Crippen LogP contribution in [0.2, 0.25) is 0 Å². The number of amides is 1. The van der Waals surface area contributed by atoms with Crippen molar-refractivity contribution in [1.82, 2.24) is 5.32 Å². The van der Waals surface area contributed by atoms with Crippen molar-refractivity contribution in [2.24, 2.45) is 0 Å². The molecule has 0 radical (unpaired) electrons. The van der Waals surface area contributed by atoms with Crippen molar-refractivity contribution in [2.45, 2.75) is 19.1 Å². The Morgan fingerprint density at radius 1 is 1.19 bits per heavy atom. The van der Waals surface area contributed by atoms with Crippen molar-refractivity contribution in [3.05, 3.63) is 41.3 Å². The average molecular weight is 385 g/mol. The van der Waals surface area contributed by atoms with Crippen LogP contribution >= 0.6 is 11.3 Å². The highest BCUT2D eigenvalue weighted by Gasteiger charge is 2.21. The summed E-state index contributed by atoms with van der Waals surface area (Å²) in [6, 6.07) is 8.26. The van der Waals surface area contributed by atoms with E-state index in [2.05, 4.69) is 10.1 Å². The number of carboxylic acids is 1. The van der Waals surface area contributed by atoms with Crippen molar-refractivity contribution < 1.29 is 33.0 Å². The molecular formula is C17H17F2NO5S. The molecule has 2 aromatic rings. The molecule has 140 valence electrons. The van der Waals surface area contributed by atoms with Crippen LogP contribution in [0.4, 0.5) is 8.78 Å². The van der Waals surface area contributed by atoms with Crippen molar-refractivity contribution in [3.63, 3.8) is 0 Å². The molecule has 2 rings (SSSR count). The van der Waals surface area contributed by atoms with E-state index in [-0.39, 0.29) is 18.8 Å². The van der Waals surface area contributed by atoms with Gasteiger partial charge in [-0.2, -0.15) is 8.78 Å². The summed E-state index contributed by atoms with van der Waals surface area (Å²) in [5.41, 5.74) is 0.727. The molecule has 6 nitrogen and oxygen atoms in total. The van der Waals surface area contributed by atoms with Gasteiger partial charge >= 0.3 is 12.6 Å². The maximum Gasteiger partial charge on any atom is 0.387 e. The first-order valence-corrected chi connectivity index (χ1v) is 8.40. The molecule has 0 fully saturated rings. The number of methoxy groups -OCH3 is 1. The normalized spacial score (nSPS) is 12.0. The van der Waals surface area contributed by atoms with Crippen LogP contribution < -0.4 is 10.1 Å². The molecule has 2 N–H and O–H groups in total. The fourth-order valence-corrected chi connectivity index (χ4v) is 3.05. The Labute approximate surface area is 152 Å². The van der Waals surface area contributed by atoms with E-state index in [0.29, 0.717) is 4.88 Å². The van der Waals surface area contributed by atoms with Gasteiger partial charge in [0.05, 0.1) is 4.88 Å². The zero-order valence-electron chi connectivity index (χ0n) is 13.8. The molecule has 1 heterocycles. The number of carboxylic acid groups (broad SMARTS) is 1. The van der Waals surface area contributed by atoms with Gasteiger partial charge in [-0.1, -0.05) is 0 Å². The molecule has 0 saturated heterocycles. The van der Waals surface area contributed by atoms with Gasteiger partial charge in [-0.25, -0.2) is 4.79 Å². The van der Waals surface area contributed by atoms with E-state index in [1.165, 1.54) is 30.6 Å². The second kappa shape index (κ2) is 9.25. The molecule has 1 atom stereocenters. The minimum absolute atomic E-state index is 0.0423. The van der Waals surface area contributed by atoms with Gasteiger partial charge in [0.25, 0.3) is 5.91 Å². The predicted octanol–water partition coefficient (Wildman–Crippen LogP) is 3.24. The Bertz CT molecular complexity index is 748. The van der Waals surface area contributed by atoms with Crippen LogP contribution in [0, 0.1) is 0 Å². The molecule has 0 bridgehead atoms. The Kier molecular flexibility index (Phi) is 7.05. The Morgan fingerprint density at radius 2 is 1.88 bits per heavy atom. The van der Waals surface area contributed by atoms with Gasteiger partial charge in [-0.15, -0.1) is 11.3 Å². The topological polar surface area (TPSA) is 84.9 Å². The lowest BCUT2D eigenvalue weighted by molar-refractivity contribution is -0.139. The molecule has 0 aliphatic heterocycles. The number of thiophene rings is 1. The van der Waals surface area contributed by atoms with Crippen LogP contribution in [0.1, 0.15) is 16.1 Å². The SMILES string of the molecule is COCCC(NC(=O)c1ccc(-c2ccc(OC(F)F)cc2)s1)C(=O)O. The van der Waals surface area contributed by atoms with Crippen LogP contribution in [-0.2, 0) is 9.53 Å². The standard InChI is InChI=1S/C17H17F2NO5S/c1-24-9-8-12(16(22)23)20-15(21)14-7-6-13(26-14)10-2-4-11(5-3-10)25-17(18)19/h2-7,12,17H,8-9H2,1H3,(H,20,21)(H,22,23). The van der Waals surface area contributed by atoms with E-state index < -0.39 is 24.5 Å². The van der Waals surface area contributed by atoms with E-state index in [1.54, 1.807) is 24.3 Å². The highest BCUT2D eigenvalue weighted by atomic mass is 32.1. The molecule has 1 aromatic carbocycles. The smallest absolute Gasteiger partial charge is 0.387 e. The fourth-order valence-electron chi connectivity index (χ4n) is 2.14. The summed E-state index contributed by atoms with van der Waals surface area (Å²) >= 11 is 1.17. The van der Waals surface area contributed by atoms with Gasteiger partial charge < -0.3 is 19.9 Å². The summed E-state index contributed by atoms with van der Waals surface area (Å²) in [4.78, 5) is 24.5. The fraction of sp³-hybridized carbons (Fsp3) is 0.294. The van der Waals surface area contributed by atoms with Crippen LogP contribution in [0.25, 0.3) is 10.4 Å². The van der Waals surface area contributed by atoms with Crippen LogP contribution in [-0.4, -0.2) is 43.4 Å². The van der Waals surface area contributed by atoms with Crippen molar-refractivity contribution in [2.75, 3.05) is 13.7 Å². The van der Waals surface area contributed by atoms with Crippen LogP contribution in [0.3, 0.4) is 0 Å². The van der Waals surface area contributed by atoms with Crippen molar-refractivity contribution in [1.29, 1.82) is 0 Å². The third-order valence-corrected chi connectivity index (χ3v) is 4.54. The molecule has 0 aliphatic carbocycles. The Hall–Kier alpha value is -2.52. The third-order valence-electron chi connectivity index (χ3n) is 3.41. The minimum Gasteiger partial charge on any atom is -0.480 e. The second-order valence-corrected chi connectivity index (χ2v) is 6.30. The van der Waals surface area contributed by atoms with Gasteiger partial charge in [0.1, 0.15) is 11.8 Å². The number of ether oxygens (including phenoxy) is 2. The number of carbonyl (C=O) groups is 2. The Balaban J connectivity index is 2.06. The highest BCUT2D eigenvalue weighted by molar-refractivity contribution is 7.17. The molecule has 0 aliphatic rings. The maximum absolute atomic E-state index is 12.2. The Morgan fingerprint density at radius 3 is 2.46 bits per heavy atom. The number of rotatable bonds is 9. The summed E-state index contributed by atoms with van der Waals surface area (Å²) in [6.07, 6.45) is 0.154. The molecular weight excluding hydrogens is 368 g/mol. The number of halogens is 2. The van der Waals surface area contributed by atoms with Gasteiger partial charge in [0, 0.05) is 25.0 Å². The lowest BCUT2D eigenvalue weighted by Crippen LogP contribution is -2.41. The number of hydrogen-bond acceptors (Lipinski definition) is 5. The van der Waals surface area contributed by atoms with E-state index in [0.717, 1.165) is 10.4 Å². The van der Waals surface area contributed by atoms with Crippen molar-refractivity contribution in [3.8, 4) is 16.2 Å². The van der Waals surface area contributed by atoms with Gasteiger partial charge in [-0.3, -0.25) is 4.79 Å². The first-order valence-electron chi connectivity index (χ1n) is 7.58. The van der Waals surface area contributed by atoms with Crippen molar-refractivity contribution >= 4 is 23.2 Å². The lowest BCUT2D eigenvalue weighted by atomic mass is 10.2. The summed E-state index contributed by atoms with van der Waals surface area (Å²) in [5, 5.41) is 11.6. The number of alkyl halides is 2. The summed E-state index contributed by atoms with van der Waals surface area (Å²) < 4.78 is 33.4. The lowest BCUT2D eigenvalue weighted by Gasteiger charge is -2.13. The number of benzene rings is 1. The quantitative estimate of drug-likeness (QED) is 0.692. The molecule has 0 saturated carbocycles. The summed E-state index contributed by atoms with van der Waals surface area (Å²) in [7, 11) is 1.45. The maximum atomic E-state index is 12.2. The zero-order valence-corrected chi connectivity index (χ0v) is 14.6. The van der Waals surface area contributed by atoms with Gasteiger partial charge in [-0.05, 0) is 42.0 Å². The number of aliphatic carboxylic acids is 1. The van der Waals surface area contributed by atoms with Crippen LogP contribution in [0.15, 0.2) is 36.4 Å². The van der Waals surface area contributed by atoms with Crippen LogP contribution in [0.5, 0.6) is 5.75 Å². The average Bonchev–Trinajstić information content (AvgIpc) is 3.08. The monoisotopic (exact) mass is 385 g/mol. The molecule has 0 spiro atoms. The summed E-state index contributed by atoms with van der Waals surface area (Å²) in [5.74, 6) is -1.59. The molecule has 9 heteroatoms. The molecule has 1 unspecified atom stereocenters. The second-order valence-electron chi connectivity index (χ2n) is 5.21. The van der Waals surface area contributed by atoms with E-state index >= 15 is 0 Å². The molecule has 1 amide bonds. The third kappa shape index (κ3) is 5.50. The van der Waals surface area contributed by atoms with E-state index in [1.807, 2.05) is 0 Å². The number of nitrogens with one attached hydrogen (secondary N) is 1. The molecule has 26 heavy (non-hydrogen) atoms. The van der Waals surface area contributed by atoms with E-state index in [4.69, 9.17) is 9.84 Å². The molecule has 1 aromatic heterocycles. The first kappa shape index (κ1) is 19.8. The van der Waals surface area contributed by atoms with Gasteiger partial charge in [0.2, 0.25) is 0 Å². The predicted molar refractivity (Wildman–Crippen MR) is 91.8 cm³/mol. The highest BCUT2D eigenvalue weighted by Crippen LogP contribution is 2.29. The first-order chi connectivity index (χ1) is 12.4. The largest absolute Gasteiger partial charge is 0.480 e. The summed E-state index contributed by atoms with van der Waals surface area (Å²) in [6.45, 7) is -2.68. The number of hydrogen-bond donors (Lipinski definition) is 2. The van der Waals surface area contributed by atoms with E-state index in [9.17, 15) is 18.4 Å². The zero-order chi connectivity index (χ0) is 19.1.